The fourth-order valence-electron chi connectivity index (χ4n) is 2.91. The minimum absolute atomic E-state index is 0.261. The van der Waals surface area contributed by atoms with Gasteiger partial charge in [0.2, 0.25) is 5.91 Å². The van der Waals surface area contributed by atoms with Crippen LogP contribution in [-0.4, -0.2) is 16.8 Å². The maximum absolute atomic E-state index is 11.9. The Bertz CT molecular complexity index is 316. The van der Waals surface area contributed by atoms with Crippen molar-refractivity contribution in [2.45, 2.75) is 40.7 Å². The summed E-state index contributed by atoms with van der Waals surface area (Å²) in [5.74, 6) is 1.63. The molecule has 0 aromatic carbocycles. The van der Waals surface area contributed by atoms with Gasteiger partial charge in [-0.1, -0.05) is 20.8 Å². The maximum Gasteiger partial charge on any atom is 0.232 e. The van der Waals surface area contributed by atoms with Crippen LogP contribution in [0.4, 0.5) is 0 Å². The van der Waals surface area contributed by atoms with Crippen LogP contribution in [-0.2, 0) is 4.79 Å². The van der Waals surface area contributed by atoms with Crippen LogP contribution in [0.15, 0.2) is 11.3 Å². The second-order valence-corrected chi connectivity index (χ2v) is 5.03. The Labute approximate surface area is 86.0 Å². The number of hydrogen-bond donors (Lipinski definition) is 0. The molecule has 2 rings (SSSR count). The molecule has 2 aliphatic rings. The molecular formula is C12H19NO. The second-order valence-electron chi connectivity index (χ2n) is 5.03. The van der Waals surface area contributed by atoms with E-state index in [1.54, 1.807) is 0 Å². The van der Waals surface area contributed by atoms with Crippen molar-refractivity contribution in [2.75, 3.05) is 0 Å². The summed E-state index contributed by atoms with van der Waals surface area (Å²) in [6.45, 7) is 10.8. The Morgan fingerprint density at radius 3 is 2.36 bits per heavy atom. The van der Waals surface area contributed by atoms with Crippen molar-refractivity contribution in [1.82, 2.24) is 4.90 Å². The molecule has 14 heavy (non-hydrogen) atoms. The van der Waals surface area contributed by atoms with Crippen LogP contribution in [0, 0.1) is 17.8 Å². The Kier molecular flexibility index (Phi) is 1.98. The molecule has 0 aliphatic carbocycles. The van der Waals surface area contributed by atoms with Gasteiger partial charge in [0, 0.05) is 11.6 Å². The van der Waals surface area contributed by atoms with Crippen molar-refractivity contribution in [3.63, 3.8) is 0 Å². The number of amides is 1. The molecule has 2 aliphatic heterocycles. The van der Waals surface area contributed by atoms with E-state index in [-0.39, 0.29) is 5.92 Å². The molecule has 0 bridgehead atoms. The monoisotopic (exact) mass is 193 g/mol. The van der Waals surface area contributed by atoms with Crippen LogP contribution in [0.2, 0.25) is 0 Å². The number of rotatable bonds is 1. The smallest absolute Gasteiger partial charge is 0.232 e. The summed E-state index contributed by atoms with van der Waals surface area (Å²) < 4.78 is 0. The third-order valence-electron chi connectivity index (χ3n) is 4.03. The molecule has 0 N–H and O–H groups in total. The molecule has 0 spiro atoms. The lowest BCUT2D eigenvalue weighted by atomic mass is 9.75. The molecule has 1 fully saturated rings. The SMILES string of the molecule is CC1=C(C)N2C(=O)[C@H](C(C)C)[C@H]2[C@H]1C. The van der Waals surface area contributed by atoms with Crippen molar-refractivity contribution >= 4 is 5.91 Å². The lowest BCUT2D eigenvalue weighted by Gasteiger charge is -2.47. The van der Waals surface area contributed by atoms with Gasteiger partial charge in [0.15, 0.2) is 0 Å². The first-order valence-electron chi connectivity index (χ1n) is 5.47. The molecule has 2 heterocycles. The van der Waals surface area contributed by atoms with E-state index in [1.807, 2.05) is 4.90 Å². The van der Waals surface area contributed by atoms with Crippen molar-refractivity contribution < 1.29 is 4.79 Å². The van der Waals surface area contributed by atoms with Gasteiger partial charge in [0.05, 0.1) is 12.0 Å². The minimum atomic E-state index is 0.261. The zero-order valence-electron chi connectivity index (χ0n) is 9.66. The van der Waals surface area contributed by atoms with Gasteiger partial charge < -0.3 is 4.90 Å². The fraction of sp³-hybridized carbons (Fsp3) is 0.750. The van der Waals surface area contributed by atoms with Gasteiger partial charge in [-0.3, -0.25) is 4.79 Å². The Hall–Kier alpha value is -0.790. The van der Waals surface area contributed by atoms with E-state index in [2.05, 4.69) is 34.6 Å². The van der Waals surface area contributed by atoms with Gasteiger partial charge in [-0.25, -0.2) is 0 Å². The van der Waals surface area contributed by atoms with Crippen LogP contribution in [0.3, 0.4) is 0 Å². The van der Waals surface area contributed by atoms with E-state index in [0.717, 1.165) is 0 Å². The average Bonchev–Trinajstić information content (AvgIpc) is 2.26. The van der Waals surface area contributed by atoms with E-state index >= 15 is 0 Å². The number of carbonyl (C=O) groups is 1. The molecule has 0 radical (unpaired) electrons. The minimum Gasteiger partial charge on any atom is -0.312 e. The van der Waals surface area contributed by atoms with Crippen LogP contribution in [0.5, 0.6) is 0 Å². The average molecular weight is 193 g/mol. The molecule has 2 nitrogen and oxygen atoms in total. The number of β-lactam (4-membered cyclic amide) rings is 1. The first-order valence-corrected chi connectivity index (χ1v) is 5.47. The lowest BCUT2D eigenvalue weighted by Crippen LogP contribution is -2.61. The highest BCUT2D eigenvalue weighted by atomic mass is 16.2. The quantitative estimate of drug-likeness (QED) is 0.586. The number of allylic oxidation sites excluding steroid dienone is 1. The van der Waals surface area contributed by atoms with Gasteiger partial charge in [-0.2, -0.15) is 0 Å². The Balaban J connectivity index is 2.29. The molecular weight excluding hydrogens is 174 g/mol. The van der Waals surface area contributed by atoms with Crippen molar-refractivity contribution in [2.24, 2.45) is 17.8 Å². The van der Waals surface area contributed by atoms with Crippen molar-refractivity contribution in [3.05, 3.63) is 11.3 Å². The third-order valence-corrected chi connectivity index (χ3v) is 4.03. The van der Waals surface area contributed by atoms with Crippen LogP contribution >= 0.6 is 0 Å². The molecule has 1 saturated heterocycles. The zero-order valence-corrected chi connectivity index (χ0v) is 9.66. The lowest BCUT2D eigenvalue weighted by molar-refractivity contribution is -0.155. The summed E-state index contributed by atoms with van der Waals surface area (Å²) in [5.41, 5.74) is 2.59. The second kappa shape index (κ2) is 2.85. The fourth-order valence-corrected chi connectivity index (χ4v) is 2.91. The summed E-state index contributed by atoms with van der Waals surface area (Å²) in [7, 11) is 0. The Morgan fingerprint density at radius 1 is 1.29 bits per heavy atom. The third kappa shape index (κ3) is 0.943. The zero-order chi connectivity index (χ0) is 10.6. The normalized spacial score (nSPS) is 36.6. The van der Waals surface area contributed by atoms with Crippen LogP contribution < -0.4 is 0 Å². The highest BCUT2D eigenvalue weighted by Gasteiger charge is 2.55. The summed E-state index contributed by atoms with van der Waals surface area (Å²) in [6.07, 6.45) is 0. The Morgan fingerprint density at radius 2 is 1.86 bits per heavy atom. The predicted molar refractivity (Wildman–Crippen MR) is 56.5 cm³/mol. The maximum atomic E-state index is 11.9. The predicted octanol–water partition coefficient (Wildman–Crippen LogP) is 2.41. The number of nitrogens with zero attached hydrogens (tertiary/aromatic N) is 1. The van der Waals surface area contributed by atoms with E-state index < -0.39 is 0 Å². The summed E-state index contributed by atoms with van der Waals surface area (Å²) in [5, 5.41) is 0. The van der Waals surface area contributed by atoms with E-state index in [0.29, 0.717) is 23.8 Å². The summed E-state index contributed by atoms with van der Waals surface area (Å²) in [4.78, 5) is 13.9. The van der Waals surface area contributed by atoms with E-state index in [1.165, 1.54) is 11.3 Å². The standard InChI is InChI=1S/C12H19NO/c1-6(2)10-11-8(4)7(3)9(5)13(11)12(10)14/h6,8,10-11H,1-5H3/t8-,10+,11+/m0/s1. The highest BCUT2D eigenvalue weighted by Crippen LogP contribution is 2.47. The topological polar surface area (TPSA) is 20.3 Å². The largest absolute Gasteiger partial charge is 0.312 e. The molecule has 0 unspecified atom stereocenters. The number of carbonyl (C=O) groups excluding carboxylic acids is 1. The van der Waals surface area contributed by atoms with Gasteiger partial charge >= 0.3 is 0 Å². The van der Waals surface area contributed by atoms with Crippen molar-refractivity contribution in [1.29, 1.82) is 0 Å². The first kappa shape index (κ1) is 9.75. The van der Waals surface area contributed by atoms with Crippen molar-refractivity contribution in [3.8, 4) is 0 Å². The molecule has 2 heteroatoms. The molecule has 78 valence electrons. The summed E-state index contributed by atoms with van der Waals surface area (Å²) >= 11 is 0. The number of fused-ring (bicyclic) bond motifs is 1. The number of hydrogen-bond acceptors (Lipinski definition) is 1. The molecule has 0 saturated carbocycles. The van der Waals surface area contributed by atoms with Crippen LogP contribution in [0.1, 0.15) is 34.6 Å². The highest BCUT2D eigenvalue weighted by molar-refractivity contribution is 5.89. The van der Waals surface area contributed by atoms with Crippen LogP contribution in [0.25, 0.3) is 0 Å². The van der Waals surface area contributed by atoms with Gasteiger partial charge in [-0.15, -0.1) is 0 Å². The molecule has 1 amide bonds. The van der Waals surface area contributed by atoms with Gasteiger partial charge in [-0.05, 0) is 25.3 Å². The summed E-state index contributed by atoms with van der Waals surface area (Å²) in [6, 6.07) is 0.461. The first-order chi connectivity index (χ1) is 6.46. The van der Waals surface area contributed by atoms with E-state index in [9.17, 15) is 4.79 Å². The van der Waals surface area contributed by atoms with Gasteiger partial charge in [0.25, 0.3) is 0 Å². The molecule has 0 aromatic rings. The molecule has 0 aromatic heterocycles. The molecule has 3 atom stereocenters. The van der Waals surface area contributed by atoms with E-state index in [4.69, 9.17) is 0 Å². The van der Waals surface area contributed by atoms with Gasteiger partial charge in [0.1, 0.15) is 0 Å².